The largest absolute Gasteiger partial charge is 0.342 e. The number of H-pyrrole nitrogens is 1. The topological polar surface area (TPSA) is 75.0 Å². The third kappa shape index (κ3) is 2.87. The van der Waals surface area contributed by atoms with E-state index in [1.54, 1.807) is 6.20 Å². The molecule has 2 aliphatic rings. The molecule has 3 unspecified atom stereocenters. The van der Waals surface area contributed by atoms with Crippen molar-refractivity contribution in [2.45, 2.75) is 50.5 Å². The van der Waals surface area contributed by atoms with Crippen molar-refractivity contribution in [3.8, 4) is 0 Å². The summed E-state index contributed by atoms with van der Waals surface area (Å²) in [7, 11) is 0. The Morgan fingerprint density at radius 1 is 1.35 bits per heavy atom. The number of rotatable bonds is 2. The van der Waals surface area contributed by atoms with Gasteiger partial charge in [-0.15, -0.1) is 0 Å². The molecule has 110 valence electrons. The highest BCUT2D eigenvalue weighted by Crippen LogP contribution is 2.29. The number of carbonyl (C=O) groups is 1. The Labute approximate surface area is 119 Å². The zero-order valence-corrected chi connectivity index (χ0v) is 11.9. The van der Waals surface area contributed by atoms with E-state index in [1.807, 2.05) is 6.07 Å². The molecule has 1 aromatic rings. The molecule has 1 amide bonds. The van der Waals surface area contributed by atoms with Crippen LogP contribution in [0.4, 0.5) is 0 Å². The number of amides is 1. The number of nitrogens with zero attached hydrogens (tertiary/aromatic N) is 2. The van der Waals surface area contributed by atoms with Crippen LogP contribution in [0, 0.1) is 5.92 Å². The number of nitrogens with one attached hydrogen (secondary N) is 1. The van der Waals surface area contributed by atoms with Gasteiger partial charge in [-0.2, -0.15) is 5.10 Å². The molecule has 0 spiro atoms. The van der Waals surface area contributed by atoms with Gasteiger partial charge in [-0.25, -0.2) is 0 Å². The molecule has 5 heteroatoms. The van der Waals surface area contributed by atoms with Crippen molar-refractivity contribution in [3.63, 3.8) is 0 Å². The van der Waals surface area contributed by atoms with Crippen LogP contribution in [-0.2, 0) is 4.79 Å². The Kier molecular flexibility index (Phi) is 4.05. The van der Waals surface area contributed by atoms with Crippen LogP contribution in [0.15, 0.2) is 12.3 Å². The van der Waals surface area contributed by atoms with Crippen molar-refractivity contribution in [1.82, 2.24) is 15.1 Å². The van der Waals surface area contributed by atoms with E-state index in [0.29, 0.717) is 11.8 Å². The number of hydrogen-bond donors (Lipinski definition) is 2. The molecular formula is C15H24N4O. The maximum absolute atomic E-state index is 12.7. The summed E-state index contributed by atoms with van der Waals surface area (Å²) >= 11 is 0. The summed E-state index contributed by atoms with van der Waals surface area (Å²) in [4.78, 5) is 14.7. The predicted octanol–water partition coefficient (Wildman–Crippen LogP) is 1.63. The summed E-state index contributed by atoms with van der Waals surface area (Å²) in [5.41, 5.74) is 7.17. The third-order valence-corrected chi connectivity index (χ3v) is 4.76. The Hall–Kier alpha value is -1.36. The van der Waals surface area contributed by atoms with Crippen molar-refractivity contribution in [2.75, 3.05) is 13.1 Å². The second-order valence-corrected chi connectivity index (χ2v) is 6.26. The molecule has 3 atom stereocenters. The lowest BCUT2D eigenvalue weighted by molar-refractivity contribution is -0.138. The van der Waals surface area contributed by atoms with Gasteiger partial charge < -0.3 is 10.6 Å². The van der Waals surface area contributed by atoms with Gasteiger partial charge in [-0.1, -0.05) is 6.42 Å². The van der Waals surface area contributed by atoms with E-state index in [0.717, 1.165) is 57.3 Å². The van der Waals surface area contributed by atoms with Gasteiger partial charge in [-0.05, 0) is 38.2 Å². The zero-order valence-electron chi connectivity index (χ0n) is 11.9. The van der Waals surface area contributed by atoms with Gasteiger partial charge in [-0.3, -0.25) is 9.89 Å². The smallest absolute Gasteiger partial charge is 0.225 e. The lowest BCUT2D eigenvalue weighted by Crippen LogP contribution is -2.44. The summed E-state index contributed by atoms with van der Waals surface area (Å²) in [5.74, 6) is 0.885. The number of likely N-dealkylation sites (tertiary alicyclic amines) is 1. The van der Waals surface area contributed by atoms with Crippen LogP contribution in [-0.4, -0.2) is 40.1 Å². The molecule has 5 nitrogen and oxygen atoms in total. The molecule has 1 aliphatic heterocycles. The minimum absolute atomic E-state index is 0.152. The summed E-state index contributed by atoms with van der Waals surface area (Å²) in [5, 5.41) is 7.07. The summed E-state index contributed by atoms with van der Waals surface area (Å²) in [6.45, 7) is 1.72. The van der Waals surface area contributed by atoms with Gasteiger partial charge in [0, 0.05) is 42.9 Å². The summed E-state index contributed by atoms with van der Waals surface area (Å²) in [6.07, 6.45) is 8.04. The number of aromatic amines is 1. The number of carbonyl (C=O) groups excluding carboxylic acids is 1. The van der Waals surface area contributed by atoms with E-state index in [4.69, 9.17) is 5.73 Å². The Balaban J connectivity index is 1.63. The fourth-order valence-electron chi connectivity index (χ4n) is 3.64. The van der Waals surface area contributed by atoms with Crippen molar-refractivity contribution >= 4 is 5.91 Å². The zero-order chi connectivity index (χ0) is 13.9. The predicted molar refractivity (Wildman–Crippen MR) is 77.1 cm³/mol. The highest BCUT2D eigenvalue weighted by molar-refractivity contribution is 5.79. The molecule has 3 N–H and O–H groups in total. The van der Waals surface area contributed by atoms with Gasteiger partial charge in [0.25, 0.3) is 0 Å². The van der Waals surface area contributed by atoms with E-state index < -0.39 is 0 Å². The highest BCUT2D eigenvalue weighted by atomic mass is 16.2. The molecule has 1 saturated carbocycles. The molecular weight excluding hydrogens is 252 g/mol. The van der Waals surface area contributed by atoms with Crippen LogP contribution >= 0.6 is 0 Å². The third-order valence-electron chi connectivity index (χ3n) is 4.76. The lowest BCUT2D eigenvalue weighted by atomic mass is 9.84. The quantitative estimate of drug-likeness (QED) is 0.862. The average Bonchev–Trinajstić information content (AvgIpc) is 3.01. The highest BCUT2D eigenvalue weighted by Gasteiger charge is 2.32. The maximum Gasteiger partial charge on any atom is 0.225 e. The van der Waals surface area contributed by atoms with Gasteiger partial charge in [0.15, 0.2) is 0 Å². The van der Waals surface area contributed by atoms with E-state index in [1.165, 1.54) is 0 Å². The minimum Gasteiger partial charge on any atom is -0.342 e. The maximum atomic E-state index is 12.7. The first kappa shape index (κ1) is 13.6. The van der Waals surface area contributed by atoms with E-state index in [9.17, 15) is 4.79 Å². The summed E-state index contributed by atoms with van der Waals surface area (Å²) in [6, 6.07) is 2.24. The summed E-state index contributed by atoms with van der Waals surface area (Å²) < 4.78 is 0. The normalized spacial score (nSPS) is 31.2. The molecule has 0 radical (unpaired) electrons. The molecule has 1 aromatic heterocycles. The number of nitrogens with two attached hydrogens (primary N) is 1. The molecule has 1 aliphatic carbocycles. The van der Waals surface area contributed by atoms with Crippen LogP contribution in [0.25, 0.3) is 0 Å². The van der Waals surface area contributed by atoms with Crippen molar-refractivity contribution in [3.05, 3.63) is 18.0 Å². The first-order valence-corrected chi connectivity index (χ1v) is 7.77. The van der Waals surface area contributed by atoms with Crippen LogP contribution in [0.1, 0.15) is 50.1 Å². The monoisotopic (exact) mass is 276 g/mol. The number of hydrogen-bond acceptors (Lipinski definition) is 3. The van der Waals surface area contributed by atoms with Gasteiger partial charge in [0.05, 0.1) is 0 Å². The van der Waals surface area contributed by atoms with Crippen LogP contribution < -0.4 is 5.73 Å². The molecule has 0 bridgehead atoms. The van der Waals surface area contributed by atoms with Crippen molar-refractivity contribution < 1.29 is 4.79 Å². The number of aromatic nitrogens is 2. The molecule has 3 rings (SSSR count). The standard InChI is InChI=1S/C15H24N4O/c16-13-5-1-3-11(9-13)15(20)19-8-2-4-12(10-19)14-6-7-17-18-14/h6-7,11-13H,1-5,8-10,16H2,(H,17,18). The second-order valence-electron chi connectivity index (χ2n) is 6.26. The molecule has 2 heterocycles. The molecule has 20 heavy (non-hydrogen) atoms. The van der Waals surface area contributed by atoms with E-state index >= 15 is 0 Å². The second kappa shape index (κ2) is 5.95. The molecule has 1 saturated heterocycles. The average molecular weight is 276 g/mol. The first-order valence-electron chi connectivity index (χ1n) is 7.77. The van der Waals surface area contributed by atoms with Gasteiger partial charge in [0.2, 0.25) is 5.91 Å². The Morgan fingerprint density at radius 3 is 3.00 bits per heavy atom. The first-order chi connectivity index (χ1) is 9.74. The Morgan fingerprint density at radius 2 is 2.25 bits per heavy atom. The van der Waals surface area contributed by atoms with E-state index in [2.05, 4.69) is 15.1 Å². The van der Waals surface area contributed by atoms with Crippen LogP contribution in [0.3, 0.4) is 0 Å². The fraction of sp³-hybridized carbons (Fsp3) is 0.733. The van der Waals surface area contributed by atoms with Crippen LogP contribution in [0.5, 0.6) is 0 Å². The van der Waals surface area contributed by atoms with E-state index in [-0.39, 0.29) is 12.0 Å². The SMILES string of the molecule is NC1CCCC(C(=O)N2CCCC(c3ccn[nH]3)C2)C1. The number of piperidine rings is 1. The minimum atomic E-state index is 0.152. The van der Waals surface area contributed by atoms with Gasteiger partial charge >= 0.3 is 0 Å². The van der Waals surface area contributed by atoms with Crippen molar-refractivity contribution in [1.29, 1.82) is 0 Å². The lowest BCUT2D eigenvalue weighted by Gasteiger charge is -2.36. The Bertz CT molecular complexity index is 445. The molecule has 0 aromatic carbocycles. The molecule has 2 fully saturated rings. The van der Waals surface area contributed by atoms with Gasteiger partial charge in [0.1, 0.15) is 0 Å². The fourth-order valence-corrected chi connectivity index (χ4v) is 3.64. The van der Waals surface area contributed by atoms with Crippen molar-refractivity contribution in [2.24, 2.45) is 11.7 Å². The van der Waals surface area contributed by atoms with Crippen LogP contribution in [0.2, 0.25) is 0 Å².